The minimum absolute atomic E-state index is 0.0858. The zero-order valence-electron chi connectivity index (χ0n) is 20.0. The van der Waals surface area contributed by atoms with Gasteiger partial charge in [0.1, 0.15) is 11.5 Å². The van der Waals surface area contributed by atoms with E-state index in [2.05, 4.69) is 17.1 Å². The fraction of sp³-hybridized carbons (Fsp3) is 0.429. The summed E-state index contributed by atoms with van der Waals surface area (Å²) in [6.07, 6.45) is 5.09. The number of aryl methyl sites for hydroxylation is 2. The number of carbonyl (C=O) groups excluding carboxylic acids is 1. The minimum atomic E-state index is -0.0858. The number of hydrogen-bond acceptors (Lipinski definition) is 5. The van der Waals surface area contributed by atoms with Crippen LogP contribution in [0.1, 0.15) is 56.5 Å². The number of unbranched alkanes of at least 4 members (excludes halogenated alkanes) is 2. The maximum atomic E-state index is 11.7. The Morgan fingerprint density at radius 2 is 1.82 bits per heavy atom. The molecule has 176 valence electrons. The predicted octanol–water partition coefficient (Wildman–Crippen LogP) is 6.57. The van der Waals surface area contributed by atoms with Crippen LogP contribution in [-0.4, -0.2) is 24.2 Å². The Bertz CT molecular complexity index is 994. The van der Waals surface area contributed by atoms with Crippen LogP contribution < -0.4 is 4.74 Å². The van der Waals surface area contributed by atoms with Crippen LogP contribution in [0.4, 0.5) is 0 Å². The molecular formula is C28H35NO4. The molecule has 0 saturated heterocycles. The molecule has 0 spiro atoms. The first-order valence-corrected chi connectivity index (χ1v) is 11.9. The fourth-order valence-corrected chi connectivity index (χ4v) is 3.53. The molecule has 3 aromatic rings. The van der Waals surface area contributed by atoms with Crippen LogP contribution in [0.2, 0.25) is 0 Å². The van der Waals surface area contributed by atoms with Crippen molar-refractivity contribution in [3.05, 3.63) is 71.6 Å². The van der Waals surface area contributed by atoms with Crippen molar-refractivity contribution in [3.63, 3.8) is 0 Å². The van der Waals surface area contributed by atoms with Crippen molar-refractivity contribution in [2.45, 2.75) is 59.3 Å². The molecule has 1 heterocycles. The summed E-state index contributed by atoms with van der Waals surface area (Å²) < 4.78 is 17.0. The zero-order valence-corrected chi connectivity index (χ0v) is 20.0. The van der Waals surface area contributed by atoms with E-state index in [1.165, 1.54) is 5.56 Å². The van der Waals surface area contributed by atoms with Gasteiger partial charge in [-0.2, -0.15) is 0 Å². The van der Waals surface area contributed by atoms with Gasteiger partial charge >= 0.3 is 5.97 Å². The normalized spacial score (nSPS) is 11.0. The lowest BCUT2D eigenvalue weighted by Crippen LogP contribution is -2.09. The van der Waals surface area contributed by atoms with E-state index < -0.39 is 0 Å². The van der Waals surface area contributed by atoms with Crippen molar-refractivity contribution in [3.8, 4) is 17.2 Å². The van der Waals surface area contributed by atoms with Crippen LogP contribution in [0.5, 0.6) is 5.75 Å². The van der Waals surface area contributed by atoms with E-state index in [1.807, 2.05) is 63.2 Å². The van der Waals surface area contributed by atoms with E-state index in [-0.39, 0.29) is 5.97 Å². The first kappa shape index (κ1) is 24.6. The number of rotatable bonds is 13. The van der Waals surface area contributed by atoms with E-state index in [1.54, 1.807) is 0 Å². The Morgan fingerprint density at radius 1 is 1.00 bits per heavy atom. The van der Waals surface area contributed by atoms with Crippen LogP contribution in [-0.2, 0) is 22.4 Å². The smallest absolute Gasteiger partial charge is 0.305 e. The third kappa shape index (κ3) is 8.41. The SMILES string of the molecule is Cc1oc(-c2ccccc2)nc1CCOc1cccc(CCCCCC(=O)OCC(C)C)c1. The number of benzene rings is 2. The third-order valence-electron chi connectivity index (χ3n) is 5.34. The van der Waals surface area contributed by atoms with Gasteiger partial charge in [0.2, 0.25) is 5.89 Å². The molecule has 3 rings (SSSR count). The van der Waals surface area contributed by atoms with Crippen LogP contribution in [0.15, 0.2) is 59.0 Å². The molecule has 0 aliphatic heterocycles. The summed E-state index contributed by atoms with van der Waals surface area (Å²) in [5.74, 6) is 2.65. The molecule has 0 fully saturated rings. The maximum absolute atomic E-state index is 11.7. The number of aromatic nitrogens is 1. The molecule has 0 amide bonds. The van der Waals surface area contributed by atoms with E-state index >= 15 is 0 Å². The van der Waals surface area contributed by atoms with Crippen LogP contribution in [0.3, 0.4) is 0 Å². The predicted molar refractivity (Wildman–Crippen MR) is 130 cm³/mol. The average molecular weight is 450 g/mol. The highest BCUT2D eigenvalue weighted by molar-refractivity contribution is 5.69. The highest BCUT2D eigenvalue weighted by Gasteiger charge is 2.11. The van der Waals surface area contributed by atoms with Crippen molar-refractivity contribution in [1.29, 1.82) is 0 Å². The van der Waals surface area contributed by atoms with Gasteiger partial charge < -0.3 is 13.9 Å². The molecule has 0 bridgehead atoms. The Morgan fingerprint density at radius 3 is 2.61 bits per heavy atom. The van der Waals surface area contributed by atoms with Gasteiger partial charge in [-0.15, -0.1) is 0 Å². The monoisotopic (exact) mass is 449 g/mol. The molecule has 0 N–H and O–H groups in total. The van der Waals surface area contributed by atoms with E-state index in [0.717, 1.165) is 48.5 Å². The Labute approximate surface area is 197 Å². The lowest BCUT2D eigenvalue weighted by atomic mass is 10.1. The molecule has 0 unspecified atom stereocenters. The summed E-state index contributed by atoms with van der Waals surface area (Å²) in [6, 6.07) is 18.2. The van der Waals surface area contributed by atoms with Crippen molar-refractivity contribution < 1.29 is 18.7 Å². The molecule has 0 aliphatic carbocycles. The fourth-order valence-electron chi connectivity index (χ4n) is 3.53. The largest absolute Gasteiger partial charge is 0.493 e. The number of ether oxygens (including phenoxy) is 2. The minimum Gasteiger partial charge on any atom is -0.493 e. The molecule has 33 heavy (non-hydrogen) atoms. The topological polar surface area (TPSA) is 61.6 Å². The Hall–Kier alpha value is -3.08. The van der Waals surface area contributed by atoms with Gasteiger partial charge in [-0.25, -0.2) is 4.98 Å². The van der Waals surface area contributed by atoms with Gasteiger partial charge in [0, 0.05) is 18.4 Å². The average Bonchev–Trinajstić information content (AvgIpc) is 3.19. The van der Waals surface area contributed by atoms with E-state index in [9.17, 15) is 4.79 Å². The molecule has 0 saturated carbocycles. The van der Waals surface area contributed by atoms with Crippen molar-refractivity contribution in [2.24, 2.45) is 5.92 Å². The second-order valence-corrected chi connectivity index (χ2v) is 8.77. The first-order chi connectivity index (χ1) is 16.0. The second kappa shape index (κ2) is 12.8. The van der Waals surface area contributed by atoms with Gasteiger partial charge in [-0.05, 0) is 61.9 Å². The molecule has 0 aliphatic rings. The van der Waals surface area contributed by atoms with Crippen molar-refractivity contribution in [1.82, 2.24) is 4.98 Å². The third-order valence-corrected chi connectivity index (χ3v) is 5.34. The molecular weight excluding hydrogens is 414 g/mol. The number of esters is 1. The van der Waals surface area contributed by atoms with E-state index in [0.29, 0.717) is 37.9 Å². The molecule has 1 aromatic heterocycles. The summed E-state index contributed by atoms with van der Waals surface area (Å²) in [6.45, 7) is 7.09. The Kier molecular flexibility index (Phi) is 9.55. The molecule has 5 heteroatoms. The summed E-state index contributed by atoms with van der Waals surface area (Å²) in [7, 11) is 0. The van der Waals surface area contributed by atoms with E-state index in [4.69, 9.17) is 13.9 Å². The quantitative estimate of drug-likeness (QED) is 0.218. The summed E-state index contributed by atoms with van der Waals surface area (Å²) >= 11 is 0. The molecule has 5 nitrogen and oxygen atoms in total. The number of oxazole rings is 1. The van der Waals surface area contributed by atoms with Gasteiger partial charge in [0.05, 0.1) is 18.9 Å². The number of nitrogens with zero attached hydrogens (tertiary/aromatic N) is 1. The van der Waals surface area contributed by atoms with Crippen LogP contribution in [0.25, 0.3) is 11.5 Å². The summed E-state index contributed by atoms with van der Waals surface area (Å²) in [5, 5.41) is 0. The highest BCUT2D eigenvalue weighted by Crippen LogP contribution is 2.22. The lowest BCUT2D eigenvalue weighted by Gasteiger charge is -2.08. The molecule has 0 radical (unpaired) electrons. The standard InChI is InChI=1S/C28H35NO4/c1-21(2)20-32-27(30)16-9-4-6-11-23-12-10-15-25(19-23)31-18-17-26-22(3)33-28(29-26)24-13-7-5-8-14-24/h5,7-8,10,12-15,19,21H,4,6,9,11,16-18,20H2,1-3H3. The zero-order chi connectivity index (χ0) is 23.5. The number of carbonyl (C=O) groups is 1. The van der Waals surface area contributed by atoms with Gasteiger partial charge in [-0.1, -0.05) is 50.6 Å². The number of hydrogen-bond donors (Lipinski definition) is 0. The van der Waals surface area contributed by atoms with Gasteiger partial charge in [0.25, 0.3) is 0 Å². The van der Waals surface area contributed by atoms with Crippen molar-refractivity contribution >= 4 is 5.97 Å². The highest BCUT2D eigenvalue weighted by atomic mass is 16.5. The maximum Gasteiger partial charge on any atom is 0.305 e. The van der Waals surface area contributed by atoms with Crippen molar-refractivity contribution in [2.75, 3.05) is 13.2 Å². The van der Waals surface area contributed by atoms with Crippen LogP contribution >= 0.6 is 0 Å². The summed E-state index contributed by atoms with van der Waals surface area (Å²) in [4.78, 5) is 16.3. The van der Waals surface area contributed by atoms with Gasteiger partial charge in [-0.3, -0.25) is 4.79 Å². The molecule has 0 atom stereocenters. The summed E-state index contributed by atoms with van der Waals surface area (Å²) in [5.41, 5.74) is 3.16. The van der Waals surface area contributed by atoms with Gasteiger partial charge in [0.15, 0.2) is 0 Å². The Balaban J connectivity index is 1.38. The lowest BCUT2D eigenvalue weighted by molar-refractivity contribution is -0.144. The van der Waals surface area contributed by atoms with Crippen LogP contribution in [0, 0.1) is 12.8 Å². The second-order valence-electron chi connectivity index (χ2n) is 8.77. The first-order valence-electron chi connectivity index (χ1n) is 11.9. The molecule has 2 aromatic carbocycles.